The molecule has 0 atom stereocenters. The van der Waals surface area contributed by atoms with Gasteiger partial charge in [0.1, 0.15) is 17.2 Å². The number of fused-ring (bicyclic) bond motifs is 3. The van der Waals surface area contributed by atoms with Gasteiger partial charge in [0.25, 0.3) is 5.91 Å². The summed E-state index contributed by atoms with van der Waals surface area (Å²) in [7, 11) is 0. The molecule has 2 aliphatic rings. The Labute approximate surface area is 176 Å². The van der Waals surface area contributed by atoms with Crippen LogP contribution in [0.3, 0.4) is 0 Å². The van der Waals surface area contributed by atoms with Crippen LogP contribution in [0.2, 0.25) is 0 Å². The maximum atomic E-state index is 13.1. The topological polar surface area (TPSA) is 75.9 Å². The molecule has 0 unspecified atom stereocenters. The molecule has 0 radical (unpaired) electrons. The highest BCUT2D eigenvalue weighted by atomic mass is 16.1. The molecule has 5 heterocycles. The average molecular weight is 405 g/mol. The van der Waals surface area contributed by atoms with Crippen LogP contribution in [0.15, 0.2) is 24.4 Å². The second-order valence-corrected chi connectivity index (χ2v) is 8.37. The van der Waals surface area contributed by atoms with E-state index < -0.39 is 0 Å². The summed E-state index contributed by atoms with van der Waals surface area (Å²) >= 11 is 0. The number of nitrogens with one attached hydrogen (secondary N) is 1. The second-order valence-electron chi connectivity index (χ2n) is 8.37. The Morgan fingerprint density at radius 3 is 2.77 bits per heavy atom. The van der Waals surface area contributed by atoms with E-state index in [2.05, 4.69) is 25.8 Å². The van der Waals surface area contributed by atoms with Gasteiger partial charge in [-0.05, 0) is 56.4 Å². The number of anilines is 1. The molecular formula is C23H28N6O. The number of carbonyl (C=O) groups excluding carboxylic acids is 1. The van der Waals surface area contributed by atoms with Crippen LogP contribution in [-0.4, -0.2) is 38.5 Å². The van der Waals surface area contributed by atoms with E-state index in [0.29, 0.717) is 12.1 Å². The van der Waals surface area contributed by atoms with Crippen molar-refractivity contribution in [1.29, 1.82) is 0 Å². The first-order chi connectivity index (χ1) is 14.7. The number of aromatic nitrogens is 4. The molecule has 3 aromatic heterocycles. The number of aryl methyl sites for hydroxylation is 3. The van der Waals surface area contributed by atoms with E-state index in [1.54, 1.807) is 0 Å². The van der Waals surface area contributed by atoms with E-state index in [4.69, 9.17) is 9.97 Å². The van der Waals surface area contributed by atoms with Gasteiger partial charge in [-0.3, -0.25) is 4.79 Å². The highest BCUT2D eigenvalue weighted by molar-refractivity contribution is 6.04. The first-order valence-electron chi connectivity index (χ1n) is 11.0. The van der Waals surface area contributed by atoms with Crippen molar-refractivity contribution in [2.24, 2.45) is 0 Å². The molecule has 1 N–H and O–H groups in total. The van der Waals surface area contributed by atoms with E-state index in [1.807, 2.05) is 25.3 Å². The first kappa shape index (κ1) is 19.0. The maximum absolute atomic E-state index is 13.1. The maximum Gasteiger partial charge on any atom is 0.253 e. The summed E-state index contributed by atoms with van der Waals surface area (Å²) in [6.45, 7) is 5.46. The Hall–Kier alpha value is -2.96. The fourth-order valence-electron chi connectivity index (χ4n) is 4.56. The molecule has 0 bridgehead atoms. The highest BCUT2D eigenvalue weighted by Crippen LogP contribution is 2.24. The number of rotatable bonds is 4. The number of nitrogens with zero attached hydrogens (tertiary/aromatic N) is 5. The minimum Gasteiger partial charge on any atom is -0.357 e. The molecule has 0 aromatic carbocycles. The van der Waals surface area contributed by atoms with Crippen molar-refractivity contribution in [1.82, 2.24) is 24.8 Å². The molecule has 7 nitrogen and oxygen atoms in total. The lowest BCUT2D eigenvalue weighted by Gasteiger charge is -2.17. The summed E-state index contributed by atoms with van der Waals surface area (Å²) in [6.07, 6.45) is 8.71. The van der Waals surface area contributed by atoms with E-state index in [1.165, 1.54) is 19.3 Å². The van der Waals surface area contributed by atoms with Gasteiger partial charge in [0, 0.05) is 44.5 Å². The van der Waals surface area contributed by atoms with Gasteiger partial charge in [0.05, 0.1) is 5.56 Å². The van der Waals surface area contributed by atoms with Crippen LogP contribution in [0.25, 0.3) is 11.2 Å². The molecule has 0 aliphatic carbocycles. The van der Waals surface area contributed by atoms with Crippen LogP contribution >= 0.6 is 0 Å². The molecule has 0 saturated carbocycles. The van der Waals surface area contributed by atoms with E-state index in [0.717, 1.165) is 73.0 Å². The summed E-state index contributed by atoms with van der Waals surface area (Å²) in [5.74, 6) is 1.96. The van der Waals surface area contributed by atoms with Crippen LogP contribution in [0.4, 0.5) is 5.82 Å². The first-order valence-corrected chi connectivity index (χ1v) is 11.0. The van der Waals surface area contributed by atoms with E-state index in [9.17, 15) is 4.79 Å². The Bertz CT molecular complexity index is 1080. The Morgan fingerprint density at radius 2 is 1.90 bits per heavy atom. The molecule has 30 heavy (non-hydrogen) atoms. The third kappa shape index (κ3) is 3.64. The zero-order valence-electron chi connectivity index (χ0n) is 17.5. The Kier molecular flexibility index (Phi) is 5.11. The van der Waals surface area contributed by atoms with Gasteiger partial charge in [0.2, 0.25) is 0 Å². The molecule has 156 valence electrons. The third-order valence-corrected chi connectivity index (χ3v) is 6.13. The lowest BCUT2D eigenvalue weighted by atomic mass is 10.1. The van der Waals surface area contributed by atoms with Gasteiger partial charge in [-0.15, -0.1) is 0 Å². The van der Waals surface area contributed by atoms with E-state index in [-0.39, 0.29) is 5.91 Å². The third-order valence-electron chi connectivity index (χ3n) is 6.13. The van der Waals surface area contributed by atoms with Crippen LogP contribution in [0.5, 0.6) is 0 Å². The fraction of sp³-hybridized carbons (Fsp3) is 0.478. The van der Waals surface area contributed by atoms with Crippen LogP contribution in [0.1, 0.15) is 59.5 Å². The number of carbonyl (C=O) groups is 1. The molecule has 1 fully saturated rings. The predicted octanol–water partition coefficient (Wildman–Crippen LogP) is 3.39. The van der Waals surface area contributed by atoms with Gasteiger partial charge in [0.15, 0.2) is 5.65 Å². The largest absolute Gasteiger partial charge is 0.357 e. The summed E-state index contributed by atoms with van der Waals surface area (Å²) in [5, 5.41) is 3.08. The number of hydrogen-bond donors (Lipinski definition) is 1. The summed E-state index contributed by atoms with van der Waals surface area (Å²) in [4.78, 5) is 29.4. The molecule has 7 heteroatoms. The molecule has 2 aliphatic heterocycles. The lowest BCUT2D eigenvalue weighted by Crippen LogP contribution is -2.24. The minimum absolute atomic E-state index is 0.0988. The van der Waals surface area contributed by atoms with Crippen molar-refractivity contribution in [3.63, 3.8) is 0 Å². The average Bonchev–Trinajstić information content (AvgIpc) is 3.35. The monoisotopic (exact) mass is 404 g/mol. The van der Waals surface area contributed by atoms with Crippen LogP contribution in [-0.2, 0) is 19.5 Å². The second kappa shape index (κ2) is 8.05. The minimum atomic E-state index is -0.0988. The zero-order chi connectivity index (χ0) is 20.5. The predicted molar refractivity (Wildman–Crippen MR) is 117 cm³/mol. The summed E-state index contributed by atoms with van der Waals surface area (Å²) in [6, 6.07) is 5.90. The van der Waals surface area contributed by atoms with Crippen molar-refractivity contribution in [3.05, 3.63) is 47.0 Å². The smallest absolute Gasteiger partial charge is 0.253 e. The van der Waals surface area contributed by atoms with Crippen LogP contribution < -0.4 is 10.2 Å². The van der Waals surface area contributed by atoms with Crippen LogP contribution in [0, 0.1) is 6.92 Å². The number of amides is 1. The van der Waals surface area contributed by atoms with E-state index >= 15 is 0 Å². The Balaban J connectivity index is 1.38. The van der Waals surface area contributed by atoms with Crippen molar-refractivity contribution in [2.45, 2.75) is 58.5 Å². The Morgan fingerprint density at radius 1 is 1.07 bits per heavy atom. The fourth-order valence-corrected chi connectivity index (χ4v) is 4.56. The molecule has 1 amide bonds. The number of imidazole rings is 1. The molecule has 0 spiro atoms. The number of hydrogen-bond acceptors (Lipinski definition) is 5. The summed E-state index contributed by atoms with van der Waals surface area (Å²) < 4.78 is 2.21. The van der Waals surface area contributed by atoms with Crippen molar-refractivity contribution >= 4 is 22.9 Å². The summed E-state index contributed by atoms with van der Waals surface area (Å²) in [5.41, 5.74) is 4.09. The number of pyridine rings is 2. The van der Waals surface area contributed by atoms with Gasteiger partial charge < -0.3 is 14.8 Å². The molecule has 3 aromatic rings. The van der Waals surface area contributed by atoms with Crippen molar-refractivity contribution < 1.29 is 4.79 Å². The van der Waals surface area contributed by atoms with Gasteiger partial charge in [-0.25, -0.2) is 15.0 Å². The molecule has 5 rings (SSSR count). The quantitative estimate of drug-likeness (QED) is 0.721. The van der Waals surface area contributed by atoms with Gasteiger partial charge in [-0.2, -0.15) is 0 Å². The van der Waals surface area contributed by atoms with Gasteiger partial charge in [-0.1, -0.05) is 6.42 Å². The highest BCUT2D eigenvalue weighted by Gasteiger charge is 2.21. The van der Waals surface area contributed by atoms with Crippen molar-refractivity contribution in [2.75, 3.05) is 18.0 Å². The van der Waals surface area contributed by atoms with Crippen molar-refractivity contribution in [3.8, 4) is 0 Å². The van der Waals surface area contributed by atoms with Gasteiger partial charge >= 0.3 is 0 Å². The molecular weight excluding hydrogens is 376 g/mol. The standard InChI is InChI=1S/C23H28N6O/c1-16-13-18(21-22(26-16)29-12-4-2-3-7-19(29)27-21)23(30)25-15-17-8-9-24-20(14-17)28-10-5-6-11-28/h8-9,13-14H,2-7,10-12,15H2,1H3,(H,25,30). The lowest BCUT2D eigenvalue weighted by molar-refractivity contribution is 0.0952. The SMILES string of the molecule is Cc1cc(C(=O)NCc2ccnc(N3CCCC3)c2)c2nc3n(c2n1)CCCCC3. The normalized spacial score (nSPS) is 16.5. The zero-order valence-corrected chi connectivity index (χ0v) is 17.5. The molecule has 1 saturated heterocycles.